The fourth-order valence-corrected chi connectivity index (χ4v) is 8.18. The summed E-state index contributed by atoms with van der Waals surface area (Å²) in [6.45, 7) is 2.03. The Labute approximate surface area is 275 Å². The maximum atomic E-state index is 13.8. The van der Waals surface area contributed by atoms with Crippen LogP contribution in [0, 0.1) is 0 Å². The number of carbonyl (C=O) groups is 2. The van der Waals surface area contributed by atoms with Crippen LogP contribution in [0.15, 0.2) is 41.3 Å². The first-order chi connectivity index (χ1) is 22.8. The smallest absolute Gasteiger partial charge is 0.269 e. The van der Waals surface area contributed by atoms with Crippen molar-refractivity contribution < 1.29 is 36.6 Å². The van der Waals surface area contributed by atoms with Crippen molar-refractivity contribution in [3.05, 3.63) is 58.0 Å². The van der Waals surface area contributed by atoms with Gasteiger partial charge in [-0.3, -0.25) is 24.3 Å². The average Bonchev–Trinajstić information content (AvgIpc) is 3.39. The number of pyridine rings is 1. The number of anilines is 1. The lowest BCUT2D eigenvalue weighted by atomic mass is 9.90. The van der Waals surface area contributed by atoms with E-state index in [0.29, 0.717) is 44.3 Å². The molecular formula is C32H38F2N6O7S. The van der Waals surface area contributed by atoms with Crippen LogP contribution in [-0.2, 0) is 19.6 Å². The molecule has 13 nitrogen and oxygen atoms in total. The fourth-order valence-electron chi connectivity index (χ4n) is 6.86. The van der Waals surface area contributed by atoms with Gasteiger partial charge in [0.05, 0.1) is 28.9 Å². The number of benzene rings is 1. The number of piperidine rings is 2. The minimum atomic E-state index is -3.62. The molecule has 2 aliphatic heterocycles. The summed E-state index contributed by atoms with van der Waals surface area (Å²) in [7, 11) is -3.62. The van der Waals surface area contributed by atoms with E-state index in [1.807, 2.05) is 0 Å². The minimum absolute atomic E-state index is 0.0634. The zero-order valence-electron chi connectivity index (χ0n) is 26.4. The number of carbonyl (C=O) groups excluding carboxylic acids is 2. The molecule has 16 heteroatoms. The van der Waals surface area contributed by atoms with Crippen LogP contribution < -0.4 is 20.9 Å². The van der Waals surface area contributed by atoms with Crippen LogP contribution in [0.5, 0.6) is 5.75 Å². The molecule has 1 unspecified atom stereocenters. The molecule has 2 aromatic heterocycles. The Morgan fingerprint density at radius 1 is 1.12 bits per heavy atom. The van der Waals surface area contributed by atoms with E-state index in [2.05, 4.69) is 20.6 Å². The number of rotatable bonds is 10. The van der Waals surface area contributed by atoms with Crippen molar-refractivity contribution >= 4 is 38.8 Å². The fraction of sp³-hybridized carbons (Fsp3) is 0.531. The summed E-state index contributed by atoms with van der Waals surface area (Å²) < 4.78 is 61.9. The summed E-state index contributed by atoms with van der Waals surface area (Å²) in [5, 5.41) is 16.7. The second-order valence-electron chi connectivity index (χ2n) is 12.9. The van der Waals surface area contributed by atoms with Crippen molar-refractivity contribution in [3.8, 4) is 5.75 Å². The Balaban J connectivity index is 1.05. The van der Waals surface area contributed by atoms with Crippen LogP contribution in [-0.4, -0.2) is 81.3 Å². The quantitative estimate of drug-likeness (QED) is 0.269. The lowest BCUT2D eigenvalue weighted by Gasteiger charge is -2.32. The molecule has 0 spiro atoms. The second-order valence-corrected chi connectivity index (χ2v) is 15.0. The van der Waals surface area contributed by atoms with E-state index in [1.54, 1.807) is 31.2 Å². The predicted octanol–water partition coefficient (Wildman–Crippen LogP) is 3.01. The molecule has 48 heavy (non-hydrogen) atoms. The van der Waals surface area contributed by atoms with E-state index >= 15 is 0 Å². The average molecular weight is 689 g/mol. The van der Waals surface area contributed by atoms with Crippen LogP contribution >= 0.6 is 0 Å². The van der Waals surface area contributed by atoms with Crippen LogP contribution in [0.25, 0.3) is 11.0 Å². The lowest BCUT2D eigenvalue weighted by Crippen LogP contribution is -2.44. The maximum Gasteiger partial charge on any atom is 0.269 e. The van der Waals surface area contributed by atoms with Crippen LogP contribution in [0.3, 0.4) is 0 Å². The summed E-state index contributed by atoms with van der Waals surface area (Å²) in [4.78, 5) is 45.5. The number of alkyl halides is 2. The van der Waals surface area contributed by atoms with Gasteiger partial charge in [-0.05, 0) is 69.2 Å². The van der Waals surface area contributed by atoms with Gasteiger partial charge in [0, 0.05) is 37.1 Å². The second kappa shape index (κ2) is 13.5. The highest BCUT2D eigenvalue weighted by Gasteiger charge is 2.40. The van der Waals surface area contributed by atoms with E-state index in [-0.39, 0.29) is 66.7 Å². The molecule has 4 heterocycles. The first-order valence-electron chi connectivity index (χ1n) is 16.1. The number of imide groups is 1. The largest absolute Gasteiger partial charge is 0.492 e. The van der Waals surface area contributed by atoms with E-state index in [9.17, 15) is 36.7 Å². The molecule has 1 saturated carbocycles. The van der Waals surface area contributed by atoms with Crippen molar-refractivity contribution in [2.24, 2.45) is 0 Å². The molecule has 0 radical (unpaired) electrons. The first kappa shape index (κ1) is 33.9. The molecule has 3 N–H and O–H groups in total. The Morgan fingerprint density at radius 3 is 2.50 bits per heavy atom. The zero-order chi connectivity index (χ0) is 34.2. The molecule has 3 aliphatic rings. The van der Waals surface area contributed by atoms with Gasteiger partial charge in [0.1, 0.15) is 18.0 Å². The Morgan fingerprint density at radius 2 is 1.85 bits per heavy atom. The van der Waals surface area contributed by atoms with Crippen LogP contribution in [0.4, 0.5) is 14.7 Å². The Bertz CT molecular complexity index is 1860. The number of sulfonamides is 1. The third-order valence-electron chi connectivity index (χ3n) is 9.54. The molecule has 3 fully saturated rings. The molecule has 6 rings (SSSR count). The number of halogens is 2. The van der Waals surface area contributed by atoms with Gasteiger partial charge in [0.15, 0.2) is 0 Å². The standard InChI is InChI=1S/C32H38F2N6O7S/c1-32(44)12-2-3-25(32)40-28-20(17-24(27(33)34)30(40)43)18-35-31(38-28)36-21-10-13-39(14-11-21)48(45,46)16-15-47-22-6-4-19(5-7-22)23-8-9-26(41)37-29(23)42/h4-7,17-18,21,23,25,27,44H,2-3,8-16H2,1H3,(H,35,36,38)(H,37,41,42)/t23?,25-,32-/m1/s1. The van der Waals surface area contributed by atoms with Gasteiger partial charge < -0.3 is 15.2 Å². The highest BCUT2D eigenvalue weighted by atomic mass is 32.2. The number of hydrogen-bond donors (Lipinski definition) is 3. The summed E-state index contributed by atoms with van der Waals surface area (Å²) in [5.74, 6) is -0.615. The van der Waals surface area contributed by atoms with Gasteiger partial charge >= 0.3 is 0 Å². The van der Waals surface area contributed by atoms with Crippen molar-refractivity contribution in [2.75, 3.05) is 30.8 Å². The maximum absolute atomic E-state index is 13.8. The molecule has 3 aromatic rings. The normalized spacial score (nSPS) is 24.3. The third kappa shape index (κ3) is 7.05. The number of aliphatic hydroxyl groups is 1. The van der Waals surface area contributed by atoms with Gasteiger partial charge in [0.25, 0.3) is 12.0 Å². The van der Waals surface area contributed by atoms with Gasteiger partial charge in [-0.15, -0.1) is 0 Å². The van der Waals surface area contributed by atoms with E-state index < -0.39 is 45.1 Å². The van der Waals surface area contributed by atoms with E-state index in [4.69, 9.17) is 4.74 Å². The highest BCUT2D eigenvalue weighted by molar-refractivity contribution is 7.89. The van der Waals surface area contributed by atoms with Crippen molar-refractivity contribution in [1.29, 1.82) is 0 Å². The summed E-state index contributed by atoms with van der Waals surface area (Å²) in [5.41, 5.74) is -1.92. The number of amides is 2. The molecule has 1 aliphatic carbocycles. The molecule has 3 atom stereocenters. The van der Waals surface area contributed by atoms with Crippen LogP contribution in [0.2, 0.25) is 0 Å². The molecule has 258 valence electrons. The third-order valence-corrected chi connectivity index (χ3v) is 11.4. The monoisotopic (exact) mass is 688 g/mol. The van der Waals surface area contributed by atoms with E-state index in [0.717, 1.165) is 11.6 Å². The Kier molecular flexibility index (Phi) is 9.51. The minimum Gasteiger partial charge on any atom is -0.492 e. The van der Waals surface area contributed by atoms with Gasteiger partial charge in [-0.2, -0.15) is 4.98 Å². The summed E-state index contributed by atoms with van der Waals surface area (Å²) in [6.07, 6.45) is 1.50. The molecule has 1 aromatic carbocycles. The van der Waals surface area contributed by atoms with Crippen molar-refractivity contribution in [2.45, 2.75) is 81.9 Å². The van der Waals surface area contributed by atoms with Crippen LogP contribution in [0.1, 0.15) is 81.4 Å². The predicted molar refractivity (Wildman–Crippen MR) is 171 cm³/mol. The number of aromatic nitrogens is 3. The van der Waals surface area contributed by atoms with Gasteiger partial charge in [0.2, 0.25) is 27.8 Å². The lowest BCUT2D eigenvalue weighted by molar-refractivity contribution is -0.134. The number of nitrogens with zero attached hydrogens (tertiary/aromatic N) is 4. The zero-order valence-corrected chi connectivity index (χ0v) is 27.2. The van der Waals surface area contributed by atoms with Crippen molar-refractivity contribution in [3.63, 3.8) is 0 Å². The Hall–Kier alpha value is -4.02. The number of hydrogen-bond acceptors (Lipinski definition) is 10. The highest BCUT2D eigenvalue weighted by Crippen LogP contribution is 2.40. The van der Waals surface area contributed by atoms with Crippen molar-refractivity contribution in [1.82, 2.24) is 24.2 Å². The topological polar surface area (TPSA) is 173 Å². The SMILES string of the molecule is C[C@@]1(O)CCC[C@H]1n1c(=O)c(C(F)F)cc2cnc(NC3CCN(S(=O)(=O)CCOc4ccc(C5CCC(=O)NC5=O)cc4)CC3)nc21. The molecule has 2 saturated heterocycles. The van der Waals surface area contributed by atoms with Gasteiger partial charge in [-0.1, -0.05) is 12.1 Å². The number of fused-ring (bicyclic) bond motifs is 1. The van der Waals surface area contributed by atoms with Gasteiger partial charge in [-0.25, -0.2) is 26.5 Å². The number of ether oxygens (including phenoxy) is 1. The summed E-state index contributed by atoms with van der Waals surface area (Å²) >= 11 is 0. The molecule has 0 bridgehead atoms. The summed E-state index contributed by atoms with van der Waals surface area (Å²) in [6, 6.07) is 7.01. The molecular weight excluding hydrogens is 650 g/mol. The molecule has 2 amide bonds. The number of nitrogens with one attached hydrogen (secondary N) is 2. The first-order valence-corrected chi connectivity index (χ1v) is 17.7. The van der Waals surface area contributed by atoms with E-state index in [1.165, 1.54) is 15.1 Å².